The molecule has 0 heterocycles. The van der Waals surface area contributed by atoms with E-state index in [1.54, 1.807) is 18.2 Å². The van der Waals surface area contributed by atoms with Crippen LogP contribution in [0.25, 0.3) is 6.08 Å². The van der Waals surface area contributed by atoms with Gasteiger partial charge in [-0.05, 0) is 82.2 Å². The molecule has 28 heavy (non-hydrogen) atoms. The van der Waals surface area contributed by atoms with Crippen LogP contribution in [-0.4, -0.2) is 23.1 Å². The summed E-state index contributed by atoms with van der Waals surface area (Å²) in [7, 11) is 0. The summed E-state index contributed by atoms with van der Waals surface area (Å²) in [6.45, 7) is 10.0. The second-order valence-corrected chi connectivity index (χ2v) is 7.29. The Morgan fingerprint density at radius 3 is 2.21 bits per heavy atom. The Balaban J connectivity index is 2.48. The van der Waals surface area contributed by atoms with Crippen molar-refractivity contribution in [3.8, 4) is 17.2 Å². The van der Waals surface area contributed by atoms with E-state index in [4.69, 9.17) is 9.47 Å². The highest BCUT2D eigenvalue weighted by atomic mass is 16.5. The number of carbonyl (C=O) groups is 1. The van der Waals surface area contributed by atoms with E-state index in [1.807, 2.05) is 39.8 Å². The summed E-state index contributed by atoms with van der Waals surface area (Å²) in [5, 5.41) is 9.41. The van der Waals surface area contributed by atoms with Gasteiger partial charge in [-0.25, -0.2) is 0 Å². The van der Waals surface area contributed by atoms with Crippen molar-refractivity contribution in [2.75, 3.05) is 0 Å². The maximum atomic E-state index is 12.6. The number of rotatable bonds is 9. The SMILES string of the molecule is CCCc1ccc(OC(C)C)c(C=CC(=O)c2ccc(O)cc2)c1OC(C)C. The number of aromatic hydroxyl groups is 1. The van der Waals surface area contributed by atoms with E-state index >= 15 is 0 Å². The number of phenolic OH excluding ortho intramolecular Hbond substituents is 1. The van der Waals surface area contributed by atoms with Gasteiger partial charge in [-0.1, -0.05) is 19.4 Å². The third kappa shape index (κ3) is 5.88. The molecular formula is C24H30O4. The van der Waals surface area contributed by atoms with Gasteiger partial charge in [0.05, 0.1) is 17.8 Å². The van der Waals surface area contributed by atoms with E-state index in [0.717, 1.165) is 29.7 Å². The topological polar surface area (TPSA) is 55.8 Å². The van der Waals surface area contributed by atoms with Crippen LogP contribution < -0.4 is 9.47 Å². The number of carbonyl (C=O) groups excluding carboxylic acids is 1. The van der Waals surface area contributed by atoms with E-state index in [9.17, 15) is 9.90 Å². The predicted molar refractivity (Wildman–Crippen MR) is 113 cm³/mol. The first-order chi connectivity index (χ1) is 13.3. The zero-order chi connectivity index (χ0) is 20.7. The molecule has 0 fully saturated rings. The molecular weight excluding hydrogens is 352 g/mol. The van der Waals surface area contributed by atoms with Crippen molar-refractivity contribution in [1.29, 1.82) is 0 Å². The Hall–Kier alpha value is -2.75. The standard InChI is InChI=1S/C24H30O4/c1-6-7-19-10-15-23(27-16(2)3)21(24(19)28-17(4)5)13-14-22(26)18-8-11-20(25)12-9-18/h8-17,25H,6-7H2,1-5H3. The van der Waals surface area contributed by atoms with Crippen molar-refractivity contribution in [1.82, 2.24) is 0 Å². The fraction of sp³-hybridized carbons (Fsp3) is 0.375. The van der Waals surface area contributed by atoms with E-state index < -0.39 is 0 Å². The summed E-state index contributed by atoms with van der Waals surface area (Å²) >= 11 is 0. The highest BCUT2D eigenvalue weighted by molar-refractivity contribution is 6.07. The summed E-state index contributed by atoms with van der Waals surface area (Å²) in [5.41, 5.74) is 2.39. The van der Waals surface area contributed by atoms with Crippen molar-refractivity contribution in [3.63, 3.8) is 0 Å². The lowest BCUT2D eigenvalue weighted by Gasteiger charge is -2.21. The first-order valence-electron chi connectivity index (χ1n) is 9.82. The number of aryl methyl sites for hydroxylation is 1. The fourth-order valence-electron chi connectivity index (χ4n) is 2.86. The number of ketones is 1. The molecule has 150 valence electrons. The van der Waals surface area contributed by atoms with Crippen LogP contribution in [0.15, 0.2) is 42.5 Å². The van der Waals surface area contributed by atoms with Crippen molar-refractivity contribution in [3.05, 3.63) is 59.2 Å². The molecule has 4 heteroatoms. The average molecular weight is 383 g/mol. The molecule has 0 spiro atoms. The van der Waals surface area contributed by atoms with E-state index in [-0.39, 0.29) is 23.7 Å². The summed E-state index contributed by atoms with van der Waals surface area (Å²) in [4.78, 5) is 12.6. The van der Waals surface area contributed by atoms with Crippen molar-refractivity contribution >= 4 is 11.9 Å². The number of allylic oxidation sites excluding steroid dienone is 1. The summed E-state index contributed by atoms with van der Waals surface area (Å²) in [5.74, 6) is 1.45. The van der Waals surface area contributed by atoms with Gasteiger partial charge in [-0.3, -0.25) is 4.79 Å². The molecule has 0 bridgehead atoms. The summed E-state index contributed by atoms with van der Waals surface area (Å²) in [6.07, 6.45) is 5.18. The number of hydrogen-bond donors (Lipinski definition) is 1. The van der Waals surface area contributed by atoms with Crippen LogP contribution in [0, 0.1) is 0 Å². The summed E-state index contributed by atoms with van der Waals surface area (Å²) < 4.78 is 12.1. The number of benzene rings is 2. The van der Waals surface area contributed by atoms with Gasteiger partial charge in [0.25, 0.3) is 0 Å². The molecule has 2 aromatic rings. The minimum atomic E-state index is -0.146. The van der Waals surface area contributed by atoms with Gasteiger partial charge in [0.1, 0.15) is 17.2 Å². The van der Waals surface area contributed by atoms with E-state index in [2.05, 4.69) is 6.92 Å². The molecule has 0 amide bonds. The molecule has 0 aromatic heterocycles. The van der Waals surface area contributed by atoms with Gasteiger partial charge in [0.15, 0.2) is 5.78 Å². The zero-order valence-electron chi connectivity index (χ0n) is 17.4. The third-order valence-electron chi connectivity index (χ3n) is 4.03. The lowest BCUT2D eigenvalue weighted by atomic mass is 10.0. The minimum absolute atomic E-state index is 0.00359. The average Bonchev–Trinajstić information content (AvgIpc) is 2.63. The van der Waals surface area contributed by atoms with Crippen molar-refractivity contribution in [2.45, 2.75) is 59.7 Å². The quantitative estimate of drug-likeness (QED) is 0.439. The second kappa shape index (κ2) is 9.98. The van der Waals surface area contributed by atoms with Gasteiger partial charge >= 0.3 is 0 Å². The molecule has 0 unspecified atom stereocenters. The maximum absolute atomic E-state index is 12.6. The highest BCUT2D eigenvalue weighted by Crippen LogP contribution is 2.36. The van der Waals surface area contributed by atoms with Crippen molar-refractivity contribution < 1.29 is 19.4 Å². The Morgan fingerprint density at radius 1 is 1.00 bits per heavy atom. The smallest absolute Gasteiger partial charge is 0.185 e. The molecule has 2 rings (SSSR count). The Bertz CT molecular complexity index is 817. The first-order valence-corrected chi connectivity index (χ1v) is 9.82. The molecule has 0 aliphatic rings. The lowest BCUT2D eigenvalue weighted by Crippen LogP contribution is -2.12. The Morgan fingerprint density at radius 2 is 1.64 bits per heavy atom. The number of hydrogen-bond acceptors (Lipinski definition) is 4. The molecule has 0 aliphatic carbocycles. The van der Waals surface area contributed by atoms with Gasteiger partial charge in [-0.15, -0.1) is 0 Å². The van der Waals surface area contributed by atoms with Gasteiger partial charge < -0.3 is 14.6 Å². The second-order valence-electron chi connectivity index (χ2n) is 7.29. The normalized spacial score (nSPS) is 11.4. The third-order valence-corrected chi connectivity index (χ3v) is 4.03. The van der Waals surface area contributed by atoms with Gasteiger partial charge in [0, 0.05) is 5.56 Å². The van der Waals surface area contributed by atoms with Crippen LogP contribution >= 0.6 is 0 Å². The fourth-order valence-corrected chi connectivity index (χ4v) is 2.86. The molecule has 2 aromatic carbocycles. The Kier molecular flexibility index (Phi) is 7.68. The predicted octanol–water partition coefficient (Wildman–Crippen LogP) is 5.82. The lowest BCUT2D eigenvalue weighted by molar-refractivity contribution is 0.104. The molecule has 0 atom stereocenters. The minimum Gasteiger partial charge on any atom is -0.508 e. The molecule has 0 aliphatic heterocycles. The van der Waals surface area contributed by atoms with Crippen LogP contribution in [0.4, 0.5) is 0 Å². The van der Waals surface area contributed by atoms with E-state index in [1.165, 1.54) is 18.2 Å². The molecule has 0 radical (unpaired) electrons. The maximum Gasteiger partial charge on any atom is 0.185 e. The van der Waals surface area contributed by atoms with Crippen molar-refractivity contribution in [2.24, 2.45) is 0 Å². The first kappa shape index (κ1) is 21.5. The zero-order valence-corrected chi connectivity index (χ0v) is 17.4. The largest absolute Gasteiger partial charge is 0.508 e. The summed E-state index contributed by atoms with van der Waals surface area (Å²) in [6, 6.07) is 10.2. The molecule has 0 saturated heterocycles. The highest BCUT2D eigenvalue weighted by Gasteiger charge is 2.16. The van der Waals surface area contributed by atoms with E-state index in [0.29, 0.717) is 11.3 Å². The molecule has 4 nitrogen and oxygen atoms in total. The van der Waals surface area contributed by atoms with Crippen LogP contribution in [-0.2, 0) is 6.42 Å². The monoisotopic (exact) mass is 382 g/mol. The van der Waals surface area contributed by atoms with Crippen LogP contribution in [0.3, 0.4) is 0 Å². The molecule has 0 saturated carbocycles. The van der Waals surface area contributed by atoms with Crippen LogP contribution in [0.1, 0.15) is 62.5 Å². The molecule has 1 N–H and O–H groups in total. The van der Waals surface area contributed by atoms with Crippen LogP contribution in [0.5, 0.6) is 17.2 Å². The van der Waals surface area contributed by atoms with Gasteiger partial charge in [-0.2, -0.15) is 0 Å². The Labute approximate surface area is 167 Å². The number of phenols is 1. The van der Waals surface area contributed by atoms with Crippen LogP contribution in [0.2, 0.25) is 0 Å². The number of ether oxygens (including phenoxy) is 2. The van der Waals surface area contributed by atoms with Gasteiger partial charge in [0.2, 0.25) is 0 Å².